The predicted octanol–water partition coefficient (Wildman–Crippen LogP) is 4.45. The van der Waals surface area contributed by atoms with Gasteiger partial charge in [-0.1, -0.05) is 19.1 Å². The van der Waals surface area contributed by atoms with Gasteiger partial charge in [0.05, 0.1) is 15.7 Å². The minimum Gasteiger partial charge on any atom is -0.341 e. The summed E-state index contributed by atoms with van der Waals surface area (Å²) in [5, 5.41) is 6.10. The number of aromatic nitrogens is 2. The fourth-order valence-electron chi connectivity index (χ4n) is 2.55. The van der Waals surface area contributed by atoms with Gasteiger partial charge in [0.2, 0.25) is 0 Å². The van der Waals surface area contributed by atoms with Crippen molar-refractivity contribution in [3.63, 3.8) is 0 Å². The third-order valence-corrected chi connectivity index (χ3v) is 5.59. The summed E-state index contributed by atoms with van der Waals surface area (Å²) >= 11 is 3.26. The Morgan fingerprint density at radius 2 is 2.00 bits per heavy atom. The summed E-state index contributed by atoms with van der Waals surface area (Å²) < 4.78 is 0. The molecular weight excluding hydrogens is 338 g/mol. The van der Waals surface area contributed by atoms with E-state index in [0.29, 0.717) is 12.1 Å². The number of carbonyl (C=O) groups excluding carboxylic acids is 1. The van der Waals surface area contributed by atoms with Crippen LogP contribution in [0.15, 0.2) is 41.2 Å². The number of aryl methyl sites for hydroxylation is 1. The number of thiazole rings is 2. The molecule has 0 radical (unpaired) electrons. The van der Waals surface area contributed by atoms with Crippen molar-refractivity contribution >= 4 is 28.6 Å². The van der Waals surface area contributed by atoms with Crippen molar-refractivity contribution in [1.29, 1.82) is 0 Å². The zero-order chi connectivity index (χ0) is 17.1. The van der Waals surface area contributed by atoms with E-state index >= 15 is 0 Å². The lowest BCUT2D eigenvalue weighted by Gasteiger charge is -2.20. The van der Waals surface area contributed by atoms with Crippen molar-refractivity contribution < 1.29 is 4.79 Å². The second kappa shape index (κ2) is 7.23. The monoisotopic (exact) mass is 357 g/mol. The summed E-state index contributed by atoms with van der Waals surface area (Å²) in [6.07, 6.45) is 1.80. The second-order valence-corrected chi connectivity index (χ2v) is 7.77. The van der Waals surface area contributed by atoms with E-state index in [0.717, 1.165) is 21.3 Å². The molecule has 0 aliphatic heterocycles. The van der Waals surface area contributed by atoms with Crippen LogP contribution >= 0.6 is 22.7 Å². The molecule has 1 amide bonds. The second-order valence-electron chi connectivity index (χ2n) is 5.79. The number of benzene rings is 1. The Labute approximate surface area is 149 Å². The molecule has 3 rings (SSSR count). The summed E-state index contributed by atoms with van der Waals surface area (Å²) in [4.78, 5) is 23.2. The number of rotatable bonds is 5. The molecule has 124 valence electrons. The van der Waals surface area contributed by atoms with Crippen LogP contribution in [0.3, 0.4) is 0 Å². The molecule has 24 heavy (non-hydrogen) atoms. The third kappa shape index (κ3) is 3.71. The lowest BCUT2D eigenvalue weighted by Crippen LogP contribution is -2.30. The maximum absolute atomic E-state index is 12.6. The van der Waals surface area contributed by atoms with Gasteiger partial charge in [0.25, 0.3) is 5.91 Å². The van der Waals surface area contributed by atoms with Crippen LogP contribution in [0, 0.1) is 6.92 Å². The Balaban J connectivity index is 1.68. The van der Waals surface area contributed by atoms with Crippen LogP contribution in [0.2, 0.25) is 0 Å². The lowest BCUT2D eigenvalue weighted by atomic mass is 10.1. The lowest BCUT2D eigenvalue weighted by molar-refractivity contribution is 0.0788. The summed E-state index contributed by atoms with van der Waals surface area (Å²) in [6.45, 7) is 4.74. The zero-order valence-electron chi connectivity index (χ0n) is 13.9. The maximum atomic E-state index is 12.6. The van der Waals surface area contributed by atoms with Crippen molar-refractivity contribution in [2.45, 2.75) is 19.8 Å². The molecule has 1 unspecified atom stereocenters. The van der Waals surface area contributed by atoms with Gasteiger partial charge in [0, 0.05) is 47.6 Å². The highest BCUT2D eigenvalue weighted by atomic mass is 32.1. The SMILES string of the molecule is Cc1nc(-c2ccc(C(=O)N(C)CC(C)c3nccs3)cc2)cs1. The Morgan fingerprint density at radius 3 is 2.58 bits per heavy atom. The van der Waals surface area contributed by atoms with Gasteiger partial charge in [0.15, 0.2) is 0 Å². The Bertz CT molecular complexity index is 809. The van der Waals surface area contributed by atoms with Crippen molar-refractivity contribution in [2.75, 3.05) is 13.6 Å². The van der Waals surface area contributed by atoms with E-state index in [2.05, 4.69) is 16.9 Å². The number of carbonyl (C=O) groups is 1. The fraction of sp³-hybridized carbons (Fsp3) is 0.278. The smallest absolute Gasteiger partial charge is 0.253 e. The number of nitrogens with zero attached hydrogens (tertiary/aromatic N) is 3. The highest BCUT2D eigenvalue weighted by Crippen LogP contribution is 2.23. The highest BCUT2D eigenvalue weighted by molar-refractivity contribution is 7.10. The molecule has 0 spiro atoms. The van der Waals surface area contributed by atoms with Crippen LogP contribution in [0.25, 0.3) is 11.3 Å². The number of likely N-dealkylation sites (N-methyl/N-ethyl adjacent to an activating group) is 1. The van der Waals surface area contributed by atoms with E-state index in [-0.39, 0.29) is 11.8 Å². The van der Waals surface area contributed by atoms with E-state index in [4.69, 9.17) is 0 Å². The summed E-state index contributed by atoms with van der Waals surface area (Å²) in [7, 11) is 1.84. The van der Waals surface area contributed by atoms with Gasteiger partial charge >= 0.3 is 0 Å². The van der Waals surface area contributed by atoms with Crippen LogP contribution in [0.5, 0.6) is 0 Å². The Hall–Kier alpha value is -2.05. The molecule has 6 heteroatoms. The molecule has 0 fully saturated rings. The molecule has 1 aromatic carbocycles. The Morgan fingerprint density at radius 1 is 1.25 bits per heavy atom. The van der Waals surface area contributed by atoms with Crippen molar-refractivity contribution in [3.8, 4) is 11.3 Å². The van der Waals surface area contributed by atoms with Gasteiger partial charge in [-0.15, -0.1) is 22.7 Å². The minimum absolute atomic E-state index is 0.0272. The highest BCUT2D eigenvalue weighted by Gasteiger charge is 2.17. The van der Waals surface area contributed by atoms with Crippen molar-refractivity contribution in [3.05, 3.63) is 56.8 Å². The standard InChI is InChI=1S/C18H19N3OS2/c1-12(17-19-8-9-23-17)10-21(3)18(22)15-6-4-14(5-7-15)16-11-24-13(2)20-16/h4-9,11-12H,10H2,1-3H3. The van der Waals surface area contributed by atoms with Crippen LogP contribution in [0.1, 0.15) is 33.2 Å². The largest absolute Gasteiger partial charge is 0.341 e. The van der Waals surface area contributed by atoms with E-state index in [1.807, 2.05) is 49.0 Å². The average Bonchev–Trinajstić information content (AvgIpc) is 3.26. The van der Waals surface area contributed by atoms with Gasteiger partial charge in [-0.2, -0.15) is 0 Å². The quantitative estimate of drug-likeness (QED) is 0.678. The summed E-state index contributed by atoms with van der Waals surface area (Å²) in [5.41, 5.74) is 2.69. The third-order valence-electron chi connectivity index (χ3n) is 3.81. The number of hydrogen-bond acceptors (Lipinski definition) is 5. The van der Waals surface area contributed by atoms with E-state index in [9.17, 15) is 4.79 Å². The van der Waals surface area contributed by atoms with Gasteiger partial charge in [-0.3, -0.25) is 4.79 Å². The molecule has 0 saturated carbocycles. The van der Waals surface area contributed by atoms with Gasteiger partial charge < -0.3 is 4.90 Å². The molecule has 2 aromatic heterocycles. The molecule has 0 aliphatic rings. The summed E-state index contributed by atoms with van der Waals surface area (Å²) in [5.74, 6) is 0.260. The number of amides is 1. The molecule has 3 aromatic rings. The van der Waals surface area contributed by atoms with E-state index in [1.165, 1.54) is 0 Å². The van der Waals surface area contributed by atoms with Crippen LogP contribution in [0.4, 0.5) is 0 Å². The predicted molar refractivity (Wildman–Crippen MR) is 99.8 cm³/mol. The van der Waals surface area contributed by atoms with Crippen molar-refractivity contribution in [1.82, 2.24) is 14.9 Å². The minimum atomic E-state index is 0.0272. The van der Waals surface area contributed by atoms with Crippen LogP contribution in [-0.2, 0) is 0 Å². The van der Waals surface area contributed by atoms with Crippen LogP contribution < -0.4 is 0 Å². The molecule has 0 saturated heterocycles. The first-order valence-corrected chi connectivity index (χ1v) is 9.48. The van der Waals surface area contributed by atoms with Gasteiger partial charge in [0.1, 0.15) is 0 Å². The topological polar surface area (TPSA) is 46.1 Å². The molecule has 0 aliphatic carbocycles. The van der Waals surface area contributed by atoms with Crippen molar-refractivity contribution in [2.24, 2.45) is 0 Å². The normalized spacial score (nSPS) is 12.1. The van der Waals surface area contributed by atoms with Gasteiger partial charge in [-0.05, 0) is 19.1 Å². The maximum Gasteiger partial charge on any atom is 0.253 e. The molecule has 0 N–H and O–H groups in total. The van der Waals surface area contributed by atoms with Gasteiger partial charge in [-0.25, -0.2) is 9.97 Å². The first kappa shape index (κ1) is 16.8. The molecule has 2 heterocycles. The summed E-state index contributed by atoms with van der Waals surface area (Å²) in [6, 6.07) is 7.66. The molecule has 1 atom stereocenters. The molecular formula is C18H19N3OS2. The number of hydrogen-bond donors (Lipinski definition) is 0. The van der Waals surface area contributed by atoms with Crippen LogP contribution in [-0.4, -0.2) is 34.4 Å². The Kier molecular flexibility index (Phi) is 5.06. The first-order chi connectivity index (χ1) is 11.5. The average molecular weight is 358 g/mol. The molecule has 0 bridgehead atoms. The zero-order valence-corrected chi connectivity index (χ0v) is 15.5. The first-order valence-electron chi connectivity index (χ1n) is 7.72. The fourth-order valence-corrected chi connectivity index (χ4v) is 3.86. The van der Waals surface area contributed by atoms with E-state index < -0.39 is 0 Å². The van der Waals surface area contributed by atoms with E-state index in [1.54, 1.807) is 33.8 Å². The molecule has 4 nitrogen and oxygen atoms in total.